The summed E-state index contributed by atoms with van der Waals surface area (Å²) in [5.41, 5.74) is 2.20. The Labute approximate surface area is 238 Å². The van der Waals surface area contributed by atoms with E-state index in [4.69, 9.17) is 0 Å². The van der Waals surface area contributed by atoms with Gasteiger partial charge in [0.05, 0.1) is 6.67 Å². The van der Waals surface area contributed by atoms with Gasteiger partial charge in [-0.15, -0.1) is 0 Å². The maximum absolute atomic E-state index is 14.0. The Kier molecular flexibility index (Phi) is 9.08. The van der Waals surface area contributed by atoms with Crippen molar-refractivity contribution < 1.29 is 14.4 Å². The van der Waals surface area contributed by atoms with Crippen LogP contribution in [0.25, 0.3) is 0 Å². The number of piperidine rings is 1. The van der Waals surface area contributed by atoms with E-state index in [1.165, 1.54) is 31.2 Å². The monoisotopic (exact) mass is 544 g/mol. The minimum Gasteiger partial charge on any atom is -0.352 e. The van der Waals surface area contributed by atoms with Gasteiger partial charge in [-0.3, -0.25) is 14.4 Å². The maximum atomic E-state index is 14.0. The summed E-state index contributed by atoms with van der Waals surface area (Å²) in [7, 11) is 0. The highest BCUT2D eigenvalue weighted by Crippen LogP contribution is 2.39. The second-order valence-electron chi connectivity index (χ2n) is 11.8. The van der Waals surface area contributed by atoms with Crippen molar-refractivity contribution in [1.29, 1.82) is 0 Å². The first-order chi connectivity index (χ1) is 19.5. The third-order valence-corrected chi connectivity index (χ3v) is 9.03. The lowest BCUT2D eigenvalue weighted by atomic mass is 9.85. The fourth-order valence-electron chi connectivity index (χ4n) is 6.67. The number of aryl methyl sites for hydroxylation is 1. The lowest BCUT2D eigenvalue weighted by molar-refractivity contribution is -0.137. The number of unbranched alkanes of at least 4 members (excludes halogenated alkanes) is 2. The summed E-state index contributed by atoms with van der Waals surface area (Å²) in [6.07, 6.45) is 11.3. The standard InChI is InChI=1S/C33H44N4O3/c1-2-3-6-11-26-16-18-27(19-17-26)31(39)35-22-20-33(21-23-35)32(40)36(25-37(33)29-14-9-5-10-15-29)24-30(38)34-28-12-7-4-8-13-28/h5,9-10,14-19,28H,2-4,6-8,11-13,20-25H2,1H3,(H,34,38). The topological polar surface area (TPSA) is 73.0 Å². The molecule has 5 rings (SSSR count). The number of hydrogen-bond acceptors (Lipinski definition) is 4. The molecule has 1 aliphatic carbocycles. The van der Waals surface area contributed by atoms with E-state index in [1.807, 2.05) is 47.4 Å². The molecule has 3 fully saturated rings. The van der Waals surface area contributed by atoms with Crippen molar-refractivity contribution in [3.05, 3.63) is 65.7 Å². The normalized spacial score (nSPS) is 19.3. The highest BCUT2D eigenvalue weighted by molar-refractivity contribution is 5.97. The number of anilines is 1. The molecule has 0 atom stereocenters. The Morgan fingerprint density at radius 2 is 1.62 bits per heavy atom. The largest absolute Gasteiger partial charge is 0.352 e. The first-order valence-electron chi connectivity index (χ1n) is 15.3. The first-order valence-corrected chi connectivity index (χ1v) is 15.3. The molecule has 2 aromatic carbocycles. The lowest BCUT2D eigenvalue weighted by Crippen LogP contribution is -2.57. The SMILES string of the molecule is CCCCCc1ccc(C(=O)N2CCC3(CC2)C(=O)N(CC(=O)NC2CCCCC2)CN3c2ccccc2)cc1. The van der Waals surface area contributed by atoms with Crippen LogP contribution in [0.2, 0.25) is 0 Å². The molecule has 0 bridgehead atoms. The van der Waals surface area contributed by atoms with Crippen molar-refractivity contribution in [2.24, 2.45) is 0 Å². The minimum absolute atomic E-state index is 0.00122. The average molecular weight is 545 g/mol. The van der Waals surface area contributed by atoms with E-state index in [-0.39, 0.29) is 30.3 Å². The second-order valence-corrected chi connectivity index (χ2v) is 11.8. The van der Waals surface area contributed by atoms with Crippen molar-refractivity contribution >= 4 is 23.4 Å². The maximum Gasteiger partial charge on any atom is 0.253 e. The molecule has 1 saturated carbocycles. The minimum atomic E-state index is -0.744. The summed E-state index contributed by atoms with van der Waals surface area (Å²) in [5, 5.41) is 3.17. The quantitative estimate of drug-likeness (QED) is 0.443. The Balaban J connectivity index is 1.26. The van der Waals surface area contributed by atoms with Gasteiger partial charge in [0.15, 0.2) is 0 Å². The van der Waals surface area contributed by atoms with Crippen molar-refractivity contribution in [3.8, 4) is 0 Å². The summed E-state index contributed by atoms with van der Waals surface area (Å²) < 4.78 is 0. The van der Waals surface area contributed by atoms with Crippen LogP contribution in [0.5, 0.6) is 0 Å². The van der Waals surface area contributed by atoms with E-state index >= 15 is 0 Å². The van der Waals surface area contributed by atoms with Crippen molar-refractivity contribution in [2.75, 3.05) is 31.2 Å². The molecule has 214 valence electrons. The summed E-state index contributed by atoms with van der Waals surface area (Å²) in [4.78, 5) is 46.1. The molecule has 3 aliphatic rings. The molecule has 2 aromatic rings. The molecule has 40 heavy (non-hydrogen) atoms. The van der Waals surface area contributed by atoms with Crippen LogP contribution < -0.4 is 10.2 Å². The molecule has 2 heterocycles. The number of nitrogens with one attached hydrogen (secondary N) is 1. The number of carbonyl (C=O) groups excluding carboxylic acids is 3. The summed E-state index contributed by atoms with van der Waals surface area (Å²) in [5.74, 6) is -0.0508. The highest BCUT2D eigenvalue weighted by Gasteiger charge is 2.54. The first kappa shape index (κ1) is 28.2. The number of rotatable bonds is 9. The smallest absolute Gasteiger partial charge is 0.253 e. The summed E-state index contributed by atoms with van der Waals surface area (Å²) in [6, 6.07) is 18.2. The fourth-order valence-corrected chi connectivity index (χ4v) is 6.67. The van der Waals surface area contributed by atoms with Crippen LogP contribution in [-0.4, -0.2) is 65.4 Å². The number of benzene rings is 2. The van der Waals surface area contributed by atoms with E-state index in [0.29, 0.717) is 38.2 Å². The summed E-state index contributed by atoms with van der Waals surface area (Å²) in [6.45, 7) is 3.68. The Hall–Kier alpha value is -3.35. The number of likely N-dealkylation sites (tertiary alicyclic amines) is 1. The number of nitrogens with zero attached hydrogens (tertiary/aromatic N) is 3. The van der Waals surface area contributed by atoms with Gasteiger partial charge < -0.3 is 20.0 Å². The van der Waals surface area contributed by atoms with Gasteiger partial charge in [0, 0.05) is 30.4 Å². The van der Waals surface area contributed by atoms with Crippen molar-refractivity contribution in [3.63, 3.8) is 0 Å². The van der Waals surface area contributed by atoms with Crippen LogP contribution in [0, 0.1) is 0 Å². The van der Waals surface area contributed by atoms with Crippen LogP contribution >= 0.6 is 0 Å². The molecule has 0 unspecified atom stereocenters. The Morgan fingerprint density at radius 1 is 0.925 bits per heavy atom. The zero-order chi connectivity index (χ0) is 28.0. The van der Waals surface area contributed by atoms with Crippen LogP contribution in [0.1, 0.15) is 87.1 Å². The molecule has 2 saturated heterocycles. The van der Waals surface area contributed by atoms with Crippen LogP contribution in [-0.2, 0) is 16.0 Å². The zero-order valence-corrected chi connectivity index (χ0v) is 23.9. The molecule has 1 spiro atoms. The number of carbonyl (C=O) groups is 3. The molecule has 7 heteroatoms. The predicted molar refractivity (Wildman–Crippen MR) is 158 cm³/mol. The van der Waals surface area contributed by atoms with E-state index in [1.54, 1.807) is 4.90 Å². The molecule has 3 amide bonds. The second kappa shape index (κ2) is 12.9. The molecule has 0 radical (unpaired) electrons. The molecule has 0 aromatic heterocycles. The van der Waals surface area contributed by atoms with Crippen LogP contribution in [0.4, 0.5) is 5.69 Å². The van der Waals surface area contributed by atoms with E-state index in [0.717, 1.165) is 37.8 Å². The van der Waals surface area contributed by atoms with Gasteiger partial charge in [-0.05, 0) is 68.4 Å². The molecule has 7 nitrogen and oxygen atoms in total. The number of para-hydroxylation sites is 1. The van der Waals surface area contributed by atoms with Crippen molar-refractivity contribution in [1.82, 2.24) is 15.1 Å². The van der Waals surface area contributed by atoms with Crippen molar-refractivity contribution in [2.45, 2.75) is 89.1 Å². The van der Waals surface area contributed by atoms with Gasteiger partial charge in [-0.25, -0.2) is 0 Å². The Morgan fingerprint density at radius 3 is 2.30 bits per heavy atom. The lowest BCUT2D eigenvalue weighted by Gasteiger charge is -2.43. The third-order valence-electron chi connectivity index (χ3n) is 9.03. The van der Waals surface area contributed by atoms with E-state index in [2.05, 4.69) is 29.3 Å². The Bertz CT molecular complexity index is 1150. The van der Waals surface area contributed by atoms with E-state index in [9.17, 15) is 14.4 Å². The highest BCUT2D eigenvalue weighted by atomic mass is 16.2. The average Bonchev–Trinajstić information content (AvgIpc) is 3.24. The molecule has 1 N–H and O–H groups in total. The van der Waals surface area contributed by atoms with Gasteiger partial charge in [-0.1, -0.05) is 69.4 Å². The predicted octanol–water partition coefficient (Wildman–Crippen LogP) is 5.15. The van der Waals surface area contributed by atoms with E-state index < -0.39 is 5.54 Å². The third kappa shape index (κ3) is 6.18. The fraction of sp³-hybridized carbons (Fsp3) is 0.545. The van der Waals surface area contributed by atoms with Crippen LogP contribution in [0.3, 0.4) is 0 Å². The molecule has 2 aliphatic heterocycles. The number of amides is 3. The van der Waals surface area contributed by atoms with Gasteiger partial charge in [-0.2, -0.15) is 0 Å². The van der Waals surface area contributed by atoms with Crippen LogP contribution in [0.15, 0.2) is 54.6 Å². The molecular formula is C33H44N4O3. The van der Waals surface area contributed by atoms with Gasteiger partial charge in [0.25, 0.3) is 11.8 Å². The molecular weight excluding hydrogens is 500 g/mol. The van der Waals surface area contributed by atoms with Gasteiger partial charge in [0.1, 0.15) is 12.1 Å². The number of hydrogen-bond donors (Lipinski definition) is 1. The van der Waals surface area contributed by atoms with Gasteiger partial charge >= 0.3 is 0 Å². The van der Waals surface area contributed by atoms with Gasteiger partial charge in [0.2, 0.25) is 5.91 Å². The zero-order valence-electron chi connectivity index (χ0n) is 23.9. The summed E-state index contributed by atoms with van der Waals surface area (Å²) >= 11 is 0.